The Morgan fingerprint density at radius 3 is 2.29 bits per heavy atom. The van der Waals surface area contributed by atoms with Crippen LogP contribution in [-0.2, 0) is 19.1 Å². The zero-order chi connectivity index (χ0) is 24.6. The molecule has 0 fully saturated rings. The molecule has 1 N–H and O–H groups in total. The van der Waals surface area contributed by atoms with Crippen molar-refractivity contribution in [1.29, 1.82) is 0 Å². The predicted octanol–water partition coefficient (Wildman–Crippen LogP) is 4.70. The molecule has 0 saturated heterocycles. The van der Waals surface area contributed by atoms with E-state index in [0.717, 1.165) is 0 Å². The minimum Gasteiger partial charge on any atom is -0.463 e. The summed E-state index contributed by atoms with van der Waals surface area (Å²) in [7, 11) is 0. The number of rotatable bonds is 5. The number of dihydropyridines is 1. The highest BCUT2D eigenvalue weighted by molar-refractivity contribution is 6.02. The van der Waals surface area contributed by atoms with E-state index in [2.05, 4.69) is 5.32 Å². The first-order valence-corrected chi connectivity index (χ1v) is 11.3. The van der Waals surface area contributed by atoms with Gasteiger partial charge in [0.05, 0.1) is 40.5 Å². The highest BCUT2D eigenvalue weighted by atomic mass is 16.5. The van der Waals surface area contributed by atoms with Crippen LogP contribution in [0.5, 0.6) is 0 Å². The molecule has 0 aliphatic carbocycles. The van der Waals surface area contributed by atoms with Crippen molar-refractivity contribution in [3.63, 3.8) is 0 Å². The van der Waals surface area contributed by atoms with Gasteiger partial charge in [0, 0.05) is 17.0 Å². The van der Waals surface area contributed by atoms with Gasteiger partial charge in [-0.25, -0.2) is 9.59 Å². The molecule has 1 aliphatic rings. The molecule has 0 saturated carbocycles. The molecule has 1 atom stereocenters. The Bertz CT molecular complexity index is 1430. The van der Waals surface area contributed by atoms with Gasteiger partial charge in [0.1, 0.15) is 11.2 Å². The summed E-state index contributed by atoms with van der Waals surface area (Å²) in [6, 6.07) is 12.2. The first kappa shape index (κ1) is 23.3. The van der Waals surface area contributed by atoms with Crippen LogP contribution in [0.4, 0.5) is 0 Å². The van der Waals surface area contributed by atoms with Gasteiger partial charge in [-0.3, -0.25) is 4.79 Å². The number of allylic oxidation sites excluding steroid dienone is 2. The largest absolute Gasteiger partial charge is 0.463 e. The van der Waals surface area contributed by atoms with Gasteiger partial charge < -0.3 is 19.2 Å². The normalized spacial score (nSPS) is 16.2. The van der Waals surface area contributed by atoms with Crippen LogP contribution in [-0.4, -0.2) is 24.6 Å². The number of carbonyl (C=O) groups is 2. The Morgan fingerprint density at radius 2 is 1.62 bits per heavy atom. The van der Waals surface area contributed by atoms with Crippen molar-refractivity contribution >= 4 is 33.9 Å². The van der Waals surface area contributed by atoms with Gasteiger partial charge in [0.25, 0.3) is 0 Å². The molecule has 7 nitrogen and oxygen atoms in total. The van der Waals surface area contributed by atoms with Gasteiger partial charge in [-0.05, 0) is 52.8 Å². The average molecular weight is 462 g/mol. The topological polar surface area (TPSA) is 94.8 Å². The number of fused-ring (bicyclic) bond motifs is 2. The molecule has 2 heterocycles. The number of nitrogens with one attached hydrogen (secondary N) is 1. The molecule has 0 bridgehead atoms. The Kier molecular flexibility index (Phi) is 6.28. The summed E-state index contributed by atoms with van der Waals surface area (Å²) < 4.78 is 17.1. The third-order valence-corrected chi connectivity index (χ3v) is 5.76. The second-order valence-electron chi connectivity index (χ2n) is 8.46. The average Bonchev–Trinajstić information content (AvgIpc) is 2.78. The third-order valence-electron chi connectivity index (χ3n) is 5.76. The lowest BCUT2D eigenvalue weighted by atomic mass is 9.79. The Balaban J connectivity index is 2.05. The van der Waals surface area contributed by atoms with Crippen molar-refractivity contribution in [2.24, 2.45) is 0 Å². The van der Waals surface area contributed by atoms with Gasteiger partial charge in [0.2, 0.25) is 5.43 Å². The number of para-hydroxylation sites is 2. The summed E-state index contributed by atoms with van der Waals surface area (Å²) in [4.78, 5) is 39.6. The lowest BCUT2D eigenvalue weighted by Gasteiger charge is -2.31. The number of esters is 2. The van der Waals surface area contributed by atoms with Crippen molar-refractivity contribution in [3.8, 4) is 0 Å². The SMILES string of the molecule is CCOC(=O)C1=C(C)NC(C)=C(C(=O)OC(C)C)C1c1cccc2c(=O)c3ccccc3oc12. The lowest BCUT2D eigenvalue weighted by molar-refractivity contribution is -0.143. The Morgan fingerprint density at radius 1 is 0.971 bits per heavy atom. The molecule has 0 amide bonds. The molecule has 176 valence electrons. The van der Waals surface area contributed by atoms with Crippen molar-refractivity contribution in [2.75, 3.05) is 6.61 Å². The van der Waals surface area contributed by atoms with Gasteiger partial charge in [-0.2, -0.15) is 0 Å². The summed E-state index contributed by atoms with van der Waals surface area (Å²) in [5, 5.41) is 3.95. The zero-order valence-corrected chi connectivity index (χ0v) is 19.9. The number of hydrogen-bond acceptors (Lipinski definition) is 7. The first-order chi connectivity index (χ1) is 16.2. The van der Waals surface area contributed by atoms with Gasteiger partial charge in [-0.15, -0.1) is 0 Å². The van der Waals surface area contributed by atoms with E-state index in [9.17, 15) is 14.4 Å². The maximum atomic E-state index is 13.3. The molecule has 2 aromatic carbocycles. The Labute approximate surface area is 197 Å². The van der Waals surface area contributed by atoms with E-state index in [1.54, 1.807) is 77.1 Å². The van der Waals surface area contributed by atoms with E-state index >= 15 is 0 Å². The van der Waals surface area contributed by atoms with Crippen LogP contribution >= 0.6 is 0 Å². The van der Waals surface area contributed by atoms with Crippen LogP contribution in [0.15, 0.2) is 74.2 Å². The molecule has 0 radical (unpaired) electrons. The number of ether oxygens (including phenoxy) is 2. The summed E-state index contributed by atoms with van der Waals surface area (Å²) in [5.41, 5.74) is 2.72. The lowest BCUT2D eigenvalue weighted by Crippen LogP contribution is -2.33. The third kappa shape index (κ3) is 3.98. The quantitative estimate of drug-likeness (QED) is 0.435. The molecule has 4 rings (SSSR count). The fourth-order valence-electron chi connectivity index (χ4n) is 4.41. The van der Waals surface area contributed by atoms with Gasteiger partial charge in [-0.1, -0.05) is 24.3 Å². The van der Waals surface area contributed by atoms with Crippen molar-refractivity contribution in [2.45, 2.75) is 46.6 Å². The first-order valence-electron chi connectivity index (χ1n) is 11.3. The van der Waals surface area contributed by atoms with E-state index in [-0.39, 0.29) is 29.3 Å². The zero-order valence-electron chi connectivity index (χ0n) is 19.9. The summed E-state index contributed by atoms with van der Waals surface area (Å²) >= 11 is 0. The van der Waals surface area contributed by atoms with Gasteiger partial charge in [0.15, 0.2) is 0 Å². The fraction of sp³-hybridized carbons (Fsp3) is 0.296. The molecule has 3 aromatic rings. The molecule has 1 aromatic heterocycles. The minimum absolute atomic E-state index is 0.173. The van der Waals surface area contributed by atoms with Crippen molar-refractivity contribution < 1.29 is 23.5 Å². The second kappa shape index (κ2) is 9.17. The minimum atomic E-state index is -0.848. The van der Waals surface area contributed by atoms with Crippen LogP contribution in [0.3, 0.4) is 0 Å². The fourth-order valence-corrected chi connectivity index (χ4v) is 4.41. The molecular formula is C27H27NO6. The van der Waals surface area contributed by atoms with Crippen molar-refractivity contribution in [3.05, 3.63) is 80.8 Å². The number of carbonyl (C=O) groups excluding carboxylic acids is 2. The maximum absolute atomic E-state index is 13.3. The smallest absolute Gasteiger partial charge is 0.337 e. The monoisotopic (exact) mass is 461 g/mol. The molecule has 0 spiro atoms. The Hall–Kier alpha value is -3.87. The second-order valence-corrected chi connectivity index (χ2v) is 8.46. The molecular weight excluding hydrogens is 434 g/mol. The van der Waals surface area contributed by atoms with E-state index in [4.69, 9.17) is 13.9 Å². The van der Waals surface area contributed by atoms with Crippen LogP contribution in [0.25, 0.3) is 21.9 Å². The van der Waals surface area contributed by atoms with Crippen LogP contribution < -0.4 is 10.7 Å². The highest BCUT2D eigenvalue weighted by Crippen LogP contribution is 2.42. The van der Waals surface area contributed by atoms with Gasteiger partial charge >= 0.3 is 11.9 Å². The van der Waals surface area contributed by atoms with E-state index in [1.165, 1.54) is 0 Å². The molecule has 7 heteroatoms. The van der Waals surface area contributed by atoms with Crippen LogP contribution in [0, 0.1) is 0 Å². The molecule has 1 aliphatic heterocycles. The highest BCUT2D eigenvalue weighted by Gasteiger charge is 2.39. The maximum Gasteiger partial charge on any atom is 0.337 e. The van der Waals surface area contributed by atoms with Crippen LogP contribution in [0.2, 0.25) is 0 Å². The number of benzene rings is 2. The summed E-state index contributed by atoms with van der Waals surface area (Å²) in [6.45, 7) is 8.92. The summed E-state index contributed by atoms with van der Waals surface area (Å²) in [5.74, 6) is -1.96. The van der Waals surface area contributed by atoms with Crippen LogP contribution in [0.1, 0.15) is 46.1 Å². The molecule has 1 unspecified atom stereocenters. The van der Waals surface area contributed by atoms with E-state index in [1.807, 2.05) is 0 Å². The summed E-state index contributed by atoms with van der Waals surface area (Å²) in [6.07, 6.45) is -0.360. The number of hydrogen-bond donors (Lipinski definition) is 1. The van der Waals surface area contributed by atoms with E-state index < -0.39 is 17.9 Å². The van der Waals surface area contributed by atoms with Crippen molar-refractivity contribution in [1.82, 2.24) is 5.32 Å². The predicted molar refractivity (Wildman–Crippen MR) is 129 cm³/mol. The standard InChI is InChI=1S/C27H27NO6/c1-6-32-26(30)21-15(4)28-16(5)22(27(31)33-14(2)3)23(21)18-11-9-12-19-24(29)17-10-7-8-13-20(17)34-25(18)19/h7-14,23,28H,6H2,1-5H3. The molecule has 34 heavy (non-hydrogen) atoms. The van der Waals surface area contributed by atoms with E-state index in [0.29, 0.717) is 38.9 Å².